The van der Waals surface area contributed by atoms with Gasteiger partial charge in [0.15, 0.2) is 0 Å². The number of benzene rings is 2. The van der Waals surface area contributed by atoms with Crippen LogP contribution in [-0.2, 0) is 11.3 Å². The van der Waals surface area contributed by atoms with Crippen molar-refractivity contribution in [1.82, 2.24) is 9.80 Å². The van der Waals surface area contributed by atoms with Crippen LogP contribution in [0.25, 0.3) is 0 Å². The molecule has 0 aromatic heterocycles. The van der Waals surface area contributed by atoms with Gasteiger partial charge in [0, 0.05) is 44.4 Å². The van der Waals surface area contributed by atoms with E-state index in [4.69, 9.17) is 4.74 Å². The molecule has 0 radical (unpaired) electrons. The first kappa shape index (κ1) is 20.2. The van der Waals surface area contributed by atoms with Gasteiger partial charge in [-0.3, -0.25) is 14.6 Å². The summed E-state index contributed by atoms with van der Waals surface area (Å²) >= 11 is 0. The molecule has 0 spiro atoms. The molecule has 0 atom stereocenters. The third-order valence-electron chi connectivity index (χ3n) is 4.67. The molecule has 0 bridgehead atoms. The summed E-state index contributed by atoms with van der Waals surface area (Å²) in [5.74, 6) is -1.36. The number of amides is 1. The molecule has 1 fully saturated rings. The van der Waals surface area contributed by atoms with E-state index in [0.717, 1.165) is 23.8 Å². The number of methoxy groups -OCH3 is 1. The molecule has 0 aliphatic carbocycles. The highest BCUT2D eigenvalue weighted by atomic mass is 19.1. The maximum atomic E-state index is 13.6. The first-order valence-electron chi connectivity index (χ1n) is 8.96. The minimum atomic E-state index is -0.677. The van der Waals surface area contributed by atoms with Crippen molar-refractivity contribution in [2.75, 3.05) is 45.2 Å². The SMILES string of the molecule is COc1ccc(F)cc1CN1CCN(CC(=O)Nc2cc(F)ccc2F)CC1. The molecule has 8 heteroatoms. The van der Waals surface area contributed by atoms with Gasteiger partial charge >= 0.3 is 0 Å². The largest absolute Gasteiger partial charge is 0.496 e. The average Bonchev–Trinajstić information content (AvgIpc) is 2.66. The van der Waals surface area contributed by atoms with E-state index >= 15 is 0 Å². The van der Waals surface area contributed by atoms with Gasteiger partial charge in [-0.25, -0.2) is 13.2 Å². The zero-order valence-corrected chi connectivity index (χ0v) is 15.6. The quantitative estimate of drug-likeness (QED) is 0.820. The van der Waals surface area contributed by atoms with Crippen LogP contribution < -0.4 is 10.1 Å². The van der Waals surface area contributed by atoms with Crippen LogP contribution in [0, 0.1) is 17.5 Å². The second-order valence-corrected chi connectivity index (χ2v) is 6.68. The average molecular weight is 393 g/mol. The Labute approximate surface area is 161 Å². The number of piperazine rings is 1. The summed E-state index contributed by atoms with van der Waals surface area (Å²) in [6, 6.07) is 7.36. The van der Waals surface area contributed by atoms with Crippen LogP contribution in [0.5, 0.6) is 5.75 Å². The van der Waals surface area contributed by atoms with Crippen molar-refractivity contribution in [3.63, 3.8) is 0 Å². The molecule has 28 heavy (non-hydrogen) atoms. The van der Waals surface area contributed by atoms with E-state index in [2.05, 4.69) is 10.2 Å². The van der Waals surface area contributed by atoms with Crippen LogP contribution in [0.3, 0.4) is 0 Å². The zero-order chi connectivity index (χ0) is 20.1. The molecule has 1 heterocycles. The van der Waals surface area contributed by atoms with E-state index in [1.807, 2.05) is 4.90 Å². The standard InChI is InChI=1S/C20H22F3N3O2/c1-28-19-5-3-15(21)10-14(19)12-25-6-8-26(9-7-25)13-20(27)24-18-11-16(22)2-4-17(18)23/h2-5,10-11H,6-9,12-13H2,1H3,(H,24,27). The third kappa shape index (κ3) is 5.24. The molecule has 2 aromatic rings. The van der Waals surface area contributed by atoms with Crippen molar-refractivity contribution in [2.45, 2.75) is 6.54 Å². The lowest BCUT2D eigenvalue weighted by atomic mass is 10.1. The second kappa shape index (κ2) is 9.07. The Hall–Kier alpha value is -2.58. The Morgan fingerprint density at radius 1 is 1.00 bits per heavy atom. The van der Waals surface area contributed by atoms with Gasteiger partial charge in [-0.05, 0) is 30.3 Å². The summed E-state index contributed by atoms with van der Waals surface area (Å²) in [5, 5.41) is 2.40. The van der Waals surface area contributed by atoms with Gasteiger partial charge in [0.05, 0.1) is 19.3 Å². The molecule has 5 nitrogen and oxygen atoms in total. The lowest BCUT2D eigenvalue weighted by Gasteiger charge is -2.34. The van der Waals surface area contributed by atoms with E-state index in [-0.39, 0.29) is 18.0 Å². The number of nitrogens with zero attached hydrogens (tertiary/aromatic N) is 2. The minimum absolute atomic E-state index is 0.0904. The Morgan fingerprint density at radius 2 is 1.64 bits per heavy atom. The minimum Gasteiger partial charge on any atom is -0.496 e. The summed E-state index contributed by atoms with van der Waals surface area (Å²) in [7, 11) is 1.55. The smallest absolute Gasteiger partial charge is 0.238 e. The van der Waals surface area contributed by atoms with Crippen LogP contribution in [0.1, 0.15) is 5.56 Å². The maximum absolute atomic E-state index is 13.6. The maximum Gasteiger partial charge on any atom is 0.238 e. The zero-order valence-electron chi connectivity index (χ0n) is 15.6. The van der Waals surface area contributed by atoms with E-state index in [1.54, 1.807) is 13.2 Å². The van der Waals surface area contributed by atoms with Gasteiger partial charge < -0.3 is 10.1 Å². The second-order valence-electron chi connectivity index (χ2n) is 6.68. The molecular weight excluding hydrogens is 371 g/mol. The van der Waals surface area contributed by atoms with Crippen molar-refractivity contribution in [1.29, 1.82) is 0 Å². The van der Waals surface area contributed by atoms with E-state index < -0.39 is 17.5 Å². The van der Waals surface area contributed by atoms with Gasteiger partial charge in [-0.1, -0.05) is 0 Å². The Balaban J connectivity index is 1.49. The molecule has 1 aliphatic rings. The molecule has 1 saturated heterocycles. The molecule has 1 amide bonds. The number of halogens is 3. The highest BCUT2D eigenvalue weighted by Gasteiger charge is 2.20. The topological polar surface area (TPSA) is 44.8 Å². The highest BCUT2D eigenvalue weighted by Crippen LogP contribution is 2.22. The summed E-state index contributed by atoms with van der Waals surface area (Å²) in [4.78, 5) is 16.2. The van der Waals surface area contributed by atoms with Crippen molar-refractivity contribution >= 4 is 11.6 Å². The number of nitrogens with one attached hydrogen (secondary N) is 1. The van der Waals surface area contributed by atoms with Crippen LogP contribution >= 0.6 is 0 Å². The van der Waals surface area contributed by atoms with Crippen LogP contribution in [0.15, 0.2) is 36.4 Å². The van der Waals surface area contributed by atoms with Crippen LogP contribution in [0.2, 0.25) is 0 Å². The molecule has 0 saturated carbocycles. The Kier molecular flexibility index (Phi) is 6.53. The Morgan fingerprint density at radius 3 is 2.36 bits per heavy atom. The van der Waals surface area contributed by atoms with Gasteiger partial charge in [0.2, 0.25) is 5.91 Å². The Bertz CT molecular complexity index is 839. The summed E-state index contributed by atoms with van der Waals surface area (Å²) in [5.41, 5.74) is 0.608. The van der Waals surface area contributed by atoms with Gasteiger partial charge in [0.1, 0.15) is 23.2 Å². The molecule has 1 aliphatic heterocycles. The number of carbonyl (C=O) groups is 1. The van der Waals surface area contributed by atoms with Crippen molar-refractivity contribution in [3.05, 3.63) is 59.4 Å². The number of anilines is 1. The number of hydrogen-bond donors (Lipinski definition) is 1. The first-order valence-corrected chi connectivity index (χ1v) is 8.96. The molecule has 0 unspecified atom stereocenters. The number of ether oxygens (including phenoxy) is 1. The van der Waals surface area contributed by atoms with Crippen molar-refractivity contribution in [2.24, 2.45) is 0 Å². The lowest BCUT2D eigenvalue weighted by Crippen LogP contribution is -2.48. The number of hydrogen-bond acceptors (Lipinski definition) is 4. The van der Waals surface area contributed by atoms with Crippen LogP contribution in [-0.4, -0.2) is 55.5 Å². The fourth-order valence-electron chi connectivity index (χ4n) is 3.20. The third-order valence-corrected chi connectivity index (χ3v) is 4.67. The van der Waals surface area contributed by atoms with Crippen molar-refractivity contribution in [3.8, 4) is 5.75 Å². The predicted octanol–water partition coefficient (Wildman–Crippen LogP) is 2.87. The lowest BCUT2D eigenvalue weighted by molar-refractivity contribution is -0.117. The fourth-order valence-corrected chi connectivity index (χ4v) is 3.20. The molecule has 3 rings (SSSR count). The number of carbonyl (C=O) groups excluding carboxylic acids is 1. The summed E-state index contributed by atoms with van der Waals surface area (Å²) in [6.07, 6.45) is 0. The highest BCUT2D eigenvalue weighted by molar-refractivity contribution is 5.92. The predicted molar refractivity (Wildman–Crippen MR) is 99.7 cm³/mol. The summed E-state index contributed by atoms with van der Waals surface area (Å²) in [6.45, 7) is 3.30. The first-order chi connectivity index (χ1) is 13.4. The molecule has 1 N–H and O–H groups in total. The molecule has 2 aromatic carbocycles. The monoisotopic (exact) mass is 393 g/mol. The normalized spacial score (nSPS) is 15.4. The fraction of sp³-hybridized carbons (Fsp3) is 0.350. The van der Waals surface area contributed by atoms with E-state index in [9.17, 15) is 18.0 Å². The molecular formula is C20H22F3N3O2. The van der Waals surface area contributed by atoms with Gasteiger partial charge in [-0.15, -0.1) is 0 Å². The molecule has 150 valence electrons. The van der Waals surface area contributed by atoms with E-state index in [1.165, 1.54) is 12.1 Å². The van der Waals surface area contributed by atoms with Crippen molar-refractivity contribution < 1.29 is 22.7 Å². The van der Waals surface area contributed by atoms with Gasteiger partial charge in [-0.2, -0.15) is 0 Å². The van der Waals surface area contributed by atoms with E-state index in [0.29, 0.717) is 38.5 Å². The summed E-state index contributed by atoms with van der Waals surface area (Å²) < 4.78 is 45.6. The van der Waals surface area contributed by atoms with Gasteiger partial charge in [0.25, 0.3) is 0 Å². The van der Waals surface area contributed by atoms with Crippen LogP contribution in [0.4, 0.5) is 18.9 Å². The number of rotatable bonds is 6.